The fraction of sp³-hybridized carbons (Fsp3) is 0.538. The second-order valence-electron chi connectivity index (χ2n) is 4.66. The highest BCUT2D eigenvalue weighted by Gasteiger charge is 2.23. The van der Waals surface area contributed by atoms with Crippen LogP contribution < -0.4 is 0 Å². The molecule has 0 aromatic carbocycles. The molecule has 0 bridgehead atoms. The molecule has 0 amide bonds. The first kappa shape index (κ1) is 8.34. The highest BCUT2D eigenvalue weighted by Crippen LogP contribution is 2.36. The average Bonchev–Trinajstić information content (AvgIpc) is 2.57. The molecule has 1 atom stereocenters. The predicted molar refractivity (Wildman–Crippen MR) is 59.5 cm³/mol. The first-order chi connectivity index (χ1) is 6.86. The number of hydrogen-bond donors (Lipinski definition) is 1. The van der Waals surface area contributed by atoms with Crippen molar-refractivity contribution < 1.29 is 0 Å². The van der Waals surface area contributed by atoms with E-state index in [-0.39, 0.29) is 0 Å². The Hall–Kier alpha value is -0.980. The van der Waals surface area contributed by atoms with Crippen molar-refractivity contribution >= 4 is 6.08 Å². The first-order valence-electron chi connectivity index (χ1n) is 5.76. The summed E-state index contributed by atoms with van der Waals surface area (Å²) in [7, 11) is 0. The molecule has 74 valence electrons. The van der Waals surface area contributed by atoms with Crippen LogP contribution in [0.2, 0.25) is 0 Å². The highest BCUT2D eigenvalue weighted by molar-refractivity contribution is 5.59. The van der Waals surface area contributed by atoms with Gasteiger partial charge in [-0.05, 0) is 55.2 Å². The summed E-state index contributed by atoms with van der Waals surface area (Å²) in [6.45, 7) is 2.35. The minimum atomic E-state index is 0.730. The van der Waals surface area contributed by atoms with Crippen molar-refractivity contribution in [2.45, 2.75) is 44.9 Å². The van der Waals surface area contributed by atoms with Crippen molar-refractivity contribution in [3.05, 3.63) is 28.6 Å². The van der Waals surface area contributed by atoms with E-state index < -0.39 is 0 Å². The lowest BCUT2D eigenvalue weighted by Crippen LogP contribution is -2.05. The van der Waals surface area contributed by atoms with Gasteiger partial charge in [0.15, 0.2) is 0 Å². The molecule has 1 nitrogen and oxygen atoms in total. The standard InChI is InChI=1S/C13H17N/c1-9-5-4-8-12-13(9)10-6-2-3-7-11(10)14-12/h4,8-9,14H,2-3,5-7H2,1H3. The molecule has 0 fully saturated rings. The number of allylic oxidation sites excluding steroid dienone is 1. The molecule has 3 rings (SSSR count). The Morgan fingerprint density at radius 3 is 3.07 bits per heavy atom. The van der Waals surface area contributed by atoms with Crippen molar-refractivity contribution in [2.24, 2.45) is 0 Å². The van der Waals surface area contributed by atoms with Crippen LogP contribution in [0, 0.1) is 0 Å². The van der Waals surface area contributed by atoms with E-state index in [1.54, 1.807) is 11.1 Å². The Bertz CT molecular complexity index is 384. The molecule has 0 aliphatic heterocycles. The lowest BCUT2D eigenvalue weighted by atomic mass is 9.85. The van der Waals surface area contributed by atoms with Gasteiger partial charge in [0.25, 0.3) is 0 Å². The van der Waals surface area contributed by atoms with E-state index in [1.165, 1.54) is 43.5 Å². The van der Waals surface area contributed by atoms with Crippen LogP contribution in [-0.4, -0.2) is 4.98 Å². The van der Waals surface area contributed by atoms with Crippen molar-refractivity contribution in [3.8, 4) is 0 Å². The molecular formula is C13H17N. The Balaban J connectivity index is 2.17. The van der Waals surface area contributed by atoms with Crippen LogP contribution >= 0.6 is 0 Å². The smallest absolute Gasteiger partial charge is 0.0417 e. The van der Waals surface area contributed by atoms with Crippen LogP contribution in [0.1, 0.15) is 54.6 Å². The van der Waals surface area contributed by atoms with E-state index in [0.717, 1.165) is 5.92 Å². The van der Waals surface area contributed by atoms with Crippen molar-refractivity contribution in [1.29, 1.82) is 0 Å². The molecule has 1 heteroatoms. The van der Waals surface area contributed by atoms with Crippen LogP contribution in [0.4, 0.5) is 0 Å². The monoisotopic (exact) mass is 187 g/mol. The van der Waals surface area contributed by atoms with Gasteiger partial charge in [0.1, 0.15) is 0 Å². The highest BCUT2D eigenvalue weighted by atomic mass is 14.7. The van der Waals surface area contributed by atoms with E-state index >= 15 is 0 Å². The molecule has 1 heterocycles. The maximum absolute atomic E-state index is 3.60. The maximum Gasteiger partial charge on any atom is 0.0417 e. The number of aryl methyl sites for hydroxylation is 1. The van der Waals surface area contributed by atoms with Crippen LogP contribution in [0.15, 0.2) is 6.08 Å². The summed E-state index contributed by atoms with van der Waals surface area (Å²) in [5.74, 6) is 0.730. The SMILES string of the molecule is CC1CC=Cc2[nH]c3c(c21)CCCC3. The van der Waals surface area contributed by atoms with Crippen LogP contribution in [0.5, 0.6) is 0 Å². The largest absolute Gasteiger partial charge is 0.358 e. The van der Waals surface area contributed by atoms with Crippen LogP contribution in [-0.2, 0) is 12.8 Å². The van der Waals surface area contributed by atoms with Gasteiger partial charge in [-0.1, -0.05) is 13.0 Å². The lowest BCUT2D eigenvalue weighted by Gasteiger charge is -2.18. The molecule has 1 aromatic rings. The molecule has 0 spiro atoms. The summed E-state index contributed by atoms with van der Waals surface area (Å²) < 4.78 is 0. The molecule has 2 aliphatic rings. The normalized spacial score (nSPS) is 24.5. The number of aromatic nitrogens is 1. The summed E-state index contributed by atoms with van der Waals surface area (Å²) in [5, 5.41) is 0. The van der Waals surface area contributed by atoms with Crippen LogP contribution in [0.25, 0.3) is 6.08 Å². The second-order valence-corrected chi connectivity index (χ2v) is 4.66. The number of aromatic amines is 1. The zero-order valence-corrected chi connectivity index (χ0v) is 8.77. The topological polar surface area (TPSA) is 15.8 Å². The number of fused-ring (bicyclic) bond motifs is 3. The van der Waals surface area contributed by atoms with Gasteiger partial charge in [0, 0.05) is 11.4 Å². The van der Waals surface area contributed by atoms with E-state index in [9.17, 15) is 0 Å². The molecule has 1 N–H and O–H groups in total. The first-order valence-corrected chi connectivity index (χ1v) is 5.76. The zero-order valence-electron chi connectivity index (χ0n) is 8.77. The third kappa shape index (κ3) is 1.08. The van der Waals surface area contributed by atoms with Crippen molar-refractivity contribution in [3.63, 3.8) is 0 Å². The Morgan fingerprint density at radius 2 is 2.14 bits per heavy atom. The van der Waals surface area contributed by atoms with Gasteiger partial charge >= 0.3 is 0 Å². The molecule has 0 saturated carbocycles. The molecule has 1 unspecified atom stereocenters. The van der Waals surface area contributed by atoms with Crippen molar-refractivity contribution in [1.82, 2.24) is 4.98 Å². The Labute approximate surface area is 85.2 Å². The number of H-pyrrole nitrogens is 1. The predicted octanol–water partition coefficient (Wildman–Crippen LogP) is 3.41. The van der Waals surface area contributed by atoms with E-state index in [0.29, 0.717) is 0 Å². The summed E-state index contributed by atoms with van der Waals surface area (Å²) in [6.07, 6.45) is 11.1. The Kier molecular flexibility index (Phi) is 1.79. The third-order valence-electron chi connectivity index (χ3n) is 3.64. The molecule has 1 aromatic heterocycles. The van der Waals surface area contributed by atoms with Crippen molar-refractivity contribution in [2.75, 3.05) is 0 Å². The van der Waals surface area contributed by atoms with E-state index in [1.807, 2.05) is 0 Å². The summed E-state index contributed by atoms with van der Waals surface area (Å²) >= 11 is 0. The summed E-state index contributed by atoms with van der Waals surface area (Å²) in [4.78, 5) is 3.60. The maximum atomic E-state index is 3.60. The molecule has 0 saturated heterocycles. The average molecular weight is 187 g/mol. The van der Waals surface area contributed by atoms with Gasteiger partial charge in [-0.2, -0.15) is 0 Å². The number of hydrogen-bond acceptors (Lipinski definition) is 0. The van der Waals surface area contributed by atoms with Gasteiger partial charge < -0.3 is 4.98 Å². The second kappa shape index (κ2) is 3.01. The fourth-order valence-corrected chi connectivity index (χ4v) is 2.94. The van der Waals surface area contributed by atoms with Crippen LogP contribution in [0.3, 0.4) is 0 Å². The minimum Gasteiger partial charge on any atom is -0.358 e. The molecule has 0 radical (unpaired) electrons. The van der Waals surface area contributed by atoms with E-state index in [4.69, 9.17) is 0 Å². The minimum absolute atomic E-state index is 0.730. The number of nitrogens with one attached hydrogen (secondary N) is 1. The molecule has 2 aliphatic carbocycles. The summed E-state index contributed by atoms with van der Waals surface area (Å²) in [6, 6.07) is 0. The lowest BCUT2D eigenvalue weighted by molar-refractivity contribution is 0.664. The molecule has 14 heavy (non-hydrogen) atoms. The third-order valence-corrected chi connectivity index (χ3v) is 3.64. The number of rotatable bonds is 0. The Morgan fingerprint density at radius 1 is 1.29 bits per heavy atom. The van der Waals surface area contributed by atoms with E-state index in [2.05, 4.69) is 24.1 Å². The molecular weight excluding hydrogens is 170 g/mol. The van der Waals surface area contributed by atoms with Gasteiger partial charge in [0.2, 0.25) is 0 Å². The van der Waals surface area contributed by atoms with Gasteiger partial charge in [0.05, 0.1) is 0 Å². The summed E-state index contributed by atoms with van der Waals surface area (Å²) in [5.41, 5.74) is 6.21. The van der Waals surface area contributed by atoms with Gasteiger partial charge in [-0.25, -0.2) is 0 Å². The quantitative estimate of drug-likeness (QED) is 0.640. The van der Waals surface area contributed by atoms with Gasteiger partial charge in [-0.15, -0.1) is 0 Å². The zero-order chi connectivity index (χ0) is 9.54. The van der Waals surface area contributed by atoms with Gasteiger partial charge in [-0.3, -0.25) is 0 Å². The fourth-order valence-electron chi connectivity index (χ4n) is 2.94.